The molecule has 2 rings (SSSR count). The summed E-state index contributed by atoms with van der Waals surface area (Å²) in [5.74, 6) is -0.132. The molecule has 1 fully saturated rings. The van der Waals surface area contributed by atoms with Gasteiger partial charge in [-0.3, -0.25) is 9.59 Å². The largest absolute Gasteiger partial charge is 0.398 e. The van der Waals surface area contributed by atoms with E-state index in [-0.39, 0.29) is 23.6 Å². The highest BCUT2D eigenvalue weighted by Gasteiger charge is 2.29. The van der Waals surface area contributed by atoms with E-state index in [0.29, 0.717) is 5.69 Å². The molecule has 18 heavy (non-hydrogen) atoms. The Bertz CT molecular complexity index is 501. The molecule has 5 heteroatoms. The maximum absolute atomic E-state index is 11.9. The van der Waals surface area contributed by atoms with Gasteiger partial charge in [0.25, 0.3) is 5.56 Å². The van der Waals surface area contributed by atoms with E-state index in [1.165, 1.54) is 22.9 Å². The zero-order chi connectivity index (χ0) is 13.2. The number of amides is 1. The second-order valence-corrected chi connectivity index (χ2v) is 5.24. The molecule has 0 aromatic carbocycles. The molecule has 1 aliphatic carbocycles. The predicted octanol–water partition coefficient (Wildman–Crippen LogP) is 0.879. The van der Waals surface area contributed by atoms with E-state index in [9.17, 15) is 9.59 Å². The Morgan fingerprint density at radius 2 is 2.11 bits per heavy atom. The second-order valence-electron chi connectivity index (χ2n) is 5.24. The van der Waals surface area contributed by atoms with Crippen molar-refractivity contribution in [3.63, 3.8) is 0 Å². The molecule has 0 unspecified atom stereocenters. The smallest absolute Gasteiger partial charge is 0.251 e. The highest BCUT2D eigenvalue weighted by atomic mass is 16.2. The summed E-state index contributed by atoms with van der Waals surface area (Å²) in [5, 5.41) is 3.01. The minimum absolute atomic E-state index is 0.0272. The zero-order valence-corrected chi connectivity index (χ0v) is 10.6. The van der Waals surface area contributed by atoms with Crippen molar-refractivity contribution in [3.05, 3.63) is 28.7 Å². The van der Waals surface area contributed by atoms with Crippen molar-refractivity contribution >= 4 is 11.6 Å². The number of pyridine rings is 1. The van der Waals surface area contributed by atoms with Crippen LogP contribution < -0.4 is 16.6 Å². The number of nitrogens with two attached hydrogens (primary N) is 1. The monoisotopic (exact) mass is 249 g/mol. The Morgan fingerprint density at radius 3 is 2.78 bits per heavy atom. The van der Waals surface area contributed by atoms with Crippen molar-refractivity contribution in [2.75, 3.05) is 5.73 Å². The maximum Gasteiger partial charge on any atom is 0.251 e. The van der Waals surface area contributed by atoms with Crippen molar-refractivity contribution in [2.45, 2.75) is 44.7 Å². The number of nitrogens with zero attached hydrogens (tertiary/aromatic N) is 1. The molecule has 1 amide bonds. The Morgan fingerprint density at radius 1 is 1.44 bits per heavy atom. The molecule has 98 valence electrons. The van der Waals surface area contributed by atoms with Crippen LogP contribution in [-0.4, -0.2) is 16.0 Å². The molecule has 1 heterocycles. The van der Waals surface area contributed by atoms with Crippen molar-refractivity contribution in [3.8, 4) is 0 Å². The van der Waals surface area contributed by atoms with E-state index in [1.54, 1.807) is 0 Å². The molecule has 5 nitrogen and oxygen atoms in total. The van der Waals surface area contributed by atoms with E-state index >= 15 is 0 Å². The highest BCUT2D eigenvalue weighted by Crippen LogP contribution is 2.28. The van der Waals surface area contributed by atoms with Crippen molar-refractivity contribution in [2.24, 2.45) is 0 Å². The van der Waals surface area contributed by atoms with E-state index in [2.05, 4.69) is 12.2 Å². The van der Waals surface area contributed by atoms with E-state index in [1.807, 2.05) is 0 Å². The lowest BCUT2D eigenvalue weighted by molar-refractivity contribution is -0.123. The summed E-state index contributed by atoms with van der Waals surface area (Å²) in [6, 6.07) is 2.91. The lowest BCUT2D eigenvalue weighted by Gasteiger charge is -2.25. The Balaban J connectivity index is 2.03. The molecule has 1 aromatic rings. The third kappa shape index (κ3) is 2.91. The van der Waals surface area contributed by atoms with E-state index in [0.717, 1.165) is 25.7 Å². The third-order valence-electron chi connectivity index (χ3n) is 3.47. The predicted molar refractivity (Wildman–Crippen MR) is 70.1 cm³/mol. The summed E-state index contributed by atoms with van der Waals surface area (Å²) in [4.78, 5) is 23.5. The Labute approximate surface area is 106 Å². The summed E-state index contributed by atoms with van der Waals surface area (Å²) >= 11 is 0. The van der Waals surface area contributed by atoms with Crippen LogP contribution >= 0.6 is 0 Å². The van der Waals surface area contributed by atoms with Gasteiger partial charge in [-0.15, -0.1) is 0 Å². The van der Waals surface area contributed by atoms with Crippen LogP contribution in [0.4, 0.5) is 5.69 Å². The maximum atomic E-state index is 11.9. The zero-order valence-electron chi connectivity index (χ0n) is 10.6. The topological polar surface area (TPSA) is 77.1 Å². The van der Waals surface area contributed by atoms with Gasteiger partial charge in [0.1, 0.15) is 6.54 Å². The quantitative estimate of drug-likeness (QED) is 0.834. The third-order valence-corrected chi connectivity index (χ3v) is 3.47. The van der Waals surface area contributed by atoms with Crippen LogP contribution in [0, 0.1) is 0 Å². The Kier molecular flexibility index (Phi) is 3.41. The number of nitrogens with one attached hydrogen (secondary N) is 1. The van der Waals surface area contributed by atoms with Crippen LogP contribution in [0.1, 0.15) is 32.6 Å². The highest BCUT2D eigenvalue weighted by molar-refractivity contribution is 5.76. The molecule has 0 bridgehead atoms. The first kappa shape index (κ1) is 12.7. The number of hydrogen-bond donors (Lipinski definition) is 2. The fourth-order valence-corrected chi connectivity index (χ4v) is 2.48. The lowest BCUT2D eigenvalue weighted by Crippen LogP contribution is -2.45. The van der Waals surface area contributed by atoms with Gasteiger partial charge in [0.05, 0.1) is 0 Å². The number of nitrogen functional groups attached to an aromatic ring is 1. The first-order valence-corrected chi connectivity index (χ1v) is 6.25. The number of anilines is 1. The fraction of sp³-hybridized carbons (Fsp3) is 0.538. The summed E-state index contributed by atoms with van der Waals surface area (Å²) in [7, 11) is 0. The Hall–Kier alpha value is -1.78. The molecular formula is C13H19N3O2. The van der Waals surface area contributed by atoms with Gasteiger partial charge >= 0.3 is 0 Å². The SMILES string of the molecule is CC1(NC(=O)Cn2cc(N)ccc2=O)CCCC1. The summed E-state index contributed by atoms with van der Waals surface area (Å²) in [6.07, 6.45) is 5.80. The molecular weight excluding hydrogens is 230 g/mol. The first-order chi connectivity index (χ1) is 8.48. The fourth-order valence-electron chi connectivity index (χ4n) is 2.48. The number of rotatable bonds is 3. The minimum atomic E-state index is -0.212. The number of carbonyl (C=O) groups excluding carboxylic acids is 1. The molecule has 0 atom stereocenters. The van der Waals surface area contributed by atoms with Crippen LogP contribution in [-0.2, 0) is 11.3 Å². The summed E-state index contributed by atoms with van der Waals surface area (Å²) in [6.45, 7) is 2.08. The van der Waals surface area contributed by atoms with Crippen LogP contribution in [0.2, 0.25) is 0 Å². The molecule has 0 radical (unpaired) electrons. The van der Waals surface area contributed by atoms with Crippen LogP contribution in [0.5, 0.6) is 0 Å². The van der Waals surface area contributed by atoms with Gasteiger partial charge in [-0.1, -0.05) is 12.8 Å². The lowest BCUT2D eigenvalue weighted by atomic mass is 10.0. The first-order valence-electron chi connectivity index (χ1n) is 6.25. The van der Waals surface area contributed by atoms with Gasteiger partial charge in [0, 0.05) is 23.5 Å². The summed E-state index contributed by atoms with van der Waals surface area (Å²) < 4.78 is 1.34. The molecule has 1 saturated carbocycles. The molecule has 1 aromatic heterocycles. The van der Waals surface area contributed by atoms with Crippen molar-refractivity contribution < 1.29 is 4.79 Å². The summed E-state index contributed by atoms with van der Waals surface area (Å²) in [5.41, 5.74) is 5.76. The van der Waals surface area contributed by atoms with E-state index in [4.69, 9.17) is 5.73 Å². The molecule has 0 aliphatic heterocycles. The van der Waals surface area contributed by atoms with E-state index < -0.39 is 0 Å². The van der Waals surface area contributed by atoms with Gasteiger partial charge in [0.2, 0.25) is 5.91 Å². The van der Waals surface area contributed by atoms with Crippen molar-refractivity contribution in [1.82, 2.24) is 9.88 Å². The van der Waals surface area contributed by atoms with Crippen LogP contribution in [0.3, 0.4) is 0 Å². The minimum Gasteiger partial charge on any atom is -0.398 e. The average molecular weight is 249 g/mol. The van der Waals surface area contributed by atoms with Gasteiger partial charge in [-0.2, -0.15) is 0 Å². The number of carbonyl (C=O) groups is 1. The van der Waals surface area contributed by atoms with Crippen molar-refractivity contribution in [1.29, 1.82) is 0 Å². The van der Waals surface area contributed by atoms with Gasteiger partial charge in [-0.25, -0.2) is 0 Å². The number of hydrogen-bond acceptors (Lipinski definition) is 3. The second kappa shape index (κ2) is 4.84. The van der Waals surface area contributed by atoms with Crippen LogP contribution in [0.25, 0.3) is 0 Å². The number of aromatic nitrogens is 1. The average Bonchev–Trinajstić information content (AvgIpc) is 2.70. The molecule has 3 N–H and O–H groups in total. The van der Waals surface area contributed by atoms with Crippen LogP contribution in [0.15, 0.2) is 23.1 Å². The van der Waals surface area contributed by atoms with Gasteiger partial charge in [0.15, 0.2) is 0 Å². The molecule has 0 saturated heterocycles. The standard InChI is InChI=1S/C13H19N3O2/c1-13(6-2-3-7-13)15-11(17)9-16-8-10(14)4-5-12(16)18/h4-5,8H,2-3,6-7,9,14H2,1H3,(H,15,17). The normalized spacial score (nSPS) is 17.6. The van der Waals surface area contributed by atoms with Gasteiger partial charge < -0.3 is 15.6 Å². The molecule has 1 aliphatic rings. The molecule has 0 spiro atoms. The van der Waals surface area contributed by atoms with Gasteiger partial charge in [-0.05, 0) is 25.8 Å².